The van der Waals surface area contributed by atoms with Crippen molar-refractivity contribution in [1.82, 2.24) is 10.2 Å². The Kier molecular flexibility index (Phi) is 10.4. The number of sulfonamides is 1. The van der Waals surface area contributed by atoms with Crippen LogP contribution in [-0.2, 0) is 26.2 Å². The maximum atomic E-state index is 14.6. The molecular formula is C29H34FN3O5S. The molecule has 0 saturated carbocycles. The van der Waals surface area contributed by atoms with Crippen LogP contribution in [-0.4, -0.2) is 50.9 Å². The Morgan fingerprint density at radius 1 is 0.949 bits per heavy atom. The van der Waals surface area contributed by atoms with Crippen LogP contribution in [0.15, 0.2) is 83.8 Å². The number of hydrogen-bond donors (Lipinski definition) is 1. The lowest BCUT2D eigenvalue weighted by atomic mass is 10.1. The number of hydrogen-bond acceptors (Lipinski definition) is 5. The maximum Gasteiger partial charge on any atom is 0.264 e. The average molecular weight is 556 g/mol. The van der Waals surface area contributed by atoms with Gasteiger partial charge in [0.2, 0.25) is 11.8 Å². The van der Waals surface area contributed by atoms with Gasteiger partial charge < -0.3 is 15.0 Å². The molecule has 0 radical (unpaired) electrons. The van der Waals surface area contributed by atoms with Crippen molar-refractivity contribution in [2.45, 2.75) is 44.7 Å². The number of ether oxygens (including phenoxy) is 1. The van der Waals surface area contributed by atoms with Gasteiger partial charge >= 0.3 is 0 Å². The molecule has 39 heavy (non-hydrogen) atoms. The lowest BCUT2D eigenvalue weighted by Gasteiger charge is -2.32. The summed E-state index contributed by atoms with van der Waals surface area (Å²) < 4.78 is 48.5. The van der Waals surface area contributed by atoms with Gasteiger partial charge in [0.15, 0.2) is 0 Å². The van der Waals surface area contributed by atoms with E-state index in [0.29, 0.717) is 25.3 Å². The second-order valence-corrected chi connectivity index (χ2v) is 10.7. The molecule has 1 N–H and O–H groups in total. The topological polar surface area (TPSA) is 96.0 Å². The number of rotatable bonds is 13. The van der Waals surface area contributed by atoms with Gasteiger partial charge in [0.05, 0.1) is 17.2 Å². The molecule has 10 heteroatoms. The Hall–Kier alpha value is -3.92. The highest BCUT2D eigenvalue weighted by molar-refractivity contribution is 7.92. The van der Waals surface area contributed by atoms with Crippen LogP contribution in [0.5, 0.6) is 5.75 Å². The van der Waals surface area contributed by atoms with Gasteiger partial charge in [-0.25, -0.2) is 12.8 Å². The highest BCUT2D eigenvalue weighted by Gasteiger charge is 2.32. The lowest BCUT2D eigenvalue weighted by Crippen LogP contribution is -2.51. The zero-order valence-electron chi connectivity index (χ0n) is 22.3. The van der Waals surface area contributed by atoms with E-state index in [1.807, 2.05) is 13.8 Å². The molecule has 0 aliphatic carbocycles. The van der Waals surface area contributed by atoms with E-state index in [1.54, 1.807) is 48.5 Å². The predicted octanol–water partition coefficient (Wildman–Crippen LogP) is 4.36. The lowest BCUT2D eigenvalue weighted by molar-refractivity contribution is -0.139. The van der Waals surface area contributed by atoms with Crippen LogP contribution in [0.1, 0.15) is 32.8 Å². The Bertz CT molecular complexity index is 1350. The van der Waals surface area contributed by atoms with Crippen LogP contribution >= 0.6 is 0 Å². The van der Waals surface area contributed by atoms with E-state index in [9.17, 15) is 22.4 Å². The summed E-state index contributed by atoms with van der Waals surface area (Å²) in [4.78, 5) is 27.9. The summed E-state index contributed by atoms with van der Waals surface area (Å²) in [5.41, 5.74) is 0.448. The Morgan fingerprint density at radius 2 is 1.59 bits per heavy atom. The molecule has 0 aliphatic rings. The van der Waals surface area contributed by atoms with E-state index in [1.165, 1.54) is 42.2 Å². The highest BCUT2D eigenvalue weighted by atomic mass is 32.2. The van der Waals surface area contributed by atoms with Crippen molar-refractivity contribution in [1.29, 1.82) is 0 Å². The van der Waals surface area contributed by atoms with E-state index < -0.39 is 40.2 Å². The second kappa shape index (κ2) is 13.7. The molecule has 8 nitrogen and oxygen atoms in total. The minimum Gasteiger partial charge on any atom is -0.494 e. The summed E-state index contributed by atoms with van der Waals surface area (Å²) in [5, 5.41) is 2.75. The number of benzene rings is 3. The summed E-state index contributed by atoms with van der Waals surface area (Å²) in [5.74, 6) is -1.06. The van der Waals surface area contributed by atoms with Gasteiger partial charge in [-0.15, -0.1) is 0 Å². The zero-order chi connectivity index (χ0) is 28.4. The van der Waals surface area contributed by atoms with Crippen molar-refractivity contribution >= 4 is 27.5 Å². The van der Waals surface area contributed by atoms with E-state index >= 15 is 0 Å². The molecule has 0 bridgehead atoms. The largest absolute Gasteiger partial charge is 0.494 e. The predicted molar refractivity (Wildman–Crippen MR) is 148 cm³/mol. The van der Waals surface area contributed by atoms with Crippen molar-refractivity contribution in [2.24, 2.45) is 0 Å². The third kappa shape index (κ3) is 7.57. The van der Waals surface area contributed by atoms with E-state index in [2.05, 4.69) is 5.32 Å². The molecular weight excluding hydrogens is 521 g/mol. The van der Waals surface area contributed by atoms with Crippen LogP contribution in [0.2, 0.25) is 0 Å². The van der Waals surface area contributed by atoms with Gasteiger partial charge in [0.1, 0.15) is 24.2 Å². The molecule has 3 rings (SSSR count). The Morgan fingerprint density at radius 3 is 2.21 bits per heavy atom. The third-order valence-corrected chi connectivity index (χ3v) is 7.85. The van der Waals surface area contributed by atoms with E-state index in [0.717, 1.165) is 4.31 Å². The first-order valence-electron chi connectivity index (χ1n) is 12.8. The molecule has 0 unspecified atom stereocenters. The molecule has 0 aliphatic heterocycles. The SMILES string of the molecule is CCCNC(=O)[C@H](C)N(Cc1ccccc1F)C(=O)CN(c1ccc(OCC)cc1)S(=O)(=O)c1ccccc1. The monoisotopic (exact) mass is 555 g/mol. The summed E-state index contributed by atoms with van der Waals surface area (Å²) in [6, 6.07) is 19.1. The fourth-order valence-electron chi connectivity index (χ4n) is 3.91. The maximum absolute atomic E-state index is 14.6. The van der Waals surface area contributed by atoms with Crippen LogP contribution < -0.4 is 14.4 Å². The number of nitrogens with one attached hydrogen (secondary N) is 1. The summed E-state index contributed by atoms with van der Waals surface area (Å²) in [6.07, 6.45) is 0.695. The zero-order valence-corrected chi connectivity index (χ0v) is 23.2. The second-order valence-electron chi connectivity index (χ2n) is 8.83. The fourth-order valence-corrected chi connectivity index (χ4v) is 5.35. The van der Waals surface area contributed by atoms with Crippen LogP contribution in [0.3, 0.4) is 0 Å². The minimum absolute atomic E-state index is 0.000996. The molecule has 0 heterocycles. The smallest absolute Gasteiger partial charge is 0.264 e. The number of nitrogens with zero attached hydrogens (tertiary/aromatic N) is 2. The van der Waals surface area contributed by atoms with Gasteiger partial charge in [-0.2, -0.15) is 0 Å². The Labute approximate surface area is 229 Å². The third-order valence-electron chi connectivity index (χ3n) is 6.06. The van der Waals surface area contributed by atoms with E-state index in [-0.39, 0.29) is 22.7 Å². The molecule has 3 aromatic rings. The number of carbonyl (C=O) groups excluding carboxylic acids is 2. The number of halogens is 1. The van der Waals surface area contributed by atoms with E-state index in [4.69, 9.17) is 4.74 Å². The van der Waals surface area contributed by atoms with Crippen molar-refractivity contribution in [3.8, 4) is 5.75 Å². The van der Waals surface area contributed by atoms with Crippen molar-refractivity contribution in [3.05, 3.63) is 90.2 Å². The quantitative estimate of drug-likeness (QED) is 0.338. The van der Waals surface area contributed by atoms with Gasteiger partial charge in [-0.05, 0) is 62.7 Å². The normalized spacial score (nSPS) is 11.9. The molecule has 0 saturated heterocycles. The van der Waals surface area contributed by atoms with Crippen LogP contribution in [0.4, 0.5) is 10.1 Å². The van der Waals surface area contributed by atoms with Crippen molar-refractivity contribution < 1.29 is 27.1 Å². The molecule has 2 amide bonds. The summed E-state index contributed by atoms with van der Waals surface area (Å²) >= 11 is 0. The molecule has 208 valence electrons. The number of anilines is 1. The average Bonchev–Trinajstić information content (AvgIpc) is 2.94. The van der Waals surface area contributed by atoms with Gasteiger partial charge in [0.25, 0.3) is 10.0 Å². The molecule has 0 fully saturated rings. The molecule has 0 spiro atoms. The highest BCUT2D eigenvalue weighted by Crippen LogP contribution is 2.26. The molecule has 0 aromatic heterocycles. The minimum atomic E-state index is -4.18. The van der Waals surface area contributed by atoms with Crippen LogP contribution in [0, 0.1) is 5.82 Å². The van der Waals surface area contributed by atoms with Crippen LogP contribution in [0.25, 0.3) is 0 Å². The summed E-state index contributed by atoms with van der Waals surface area (Å²) in [6.45, 7) is 5.30. The first-order chi connectivity index (χ1) is 18.7. The van der Waals surface area contributed by atoms with Crippen molar-refractivity contribution in [3.63, 3.8) is 0 Å². The first-order valence-corrected chi connectivity index (χ1v) is 14.2. The van der Waals surface area contributed by atoms with Gasteiger partial charge in [-0.3, -0.25) is 13.9 Å². The fraction of sp³-hybridized carbons (Fsp3) is 0.310. The summed E-state index contributed by atoms with van der Waals surface area (Å²) in [7, 11) is -4.18. The number of carbonyl (C=O) groups is 2. The molecule has 1 atom stereocenters. The Balaban J connectivity index is 2.01. The van der Waals surface area contributed by atoms with Crippen molar-refractivity contribution in [2.75, 3.05) is 24.0 Å². The standard InChI is InChI=1S/C29H34FN3O5S/c1-4-19-31-29(35)22(3)32(20-23-11-9-10-14-27(23)30)28(34)21-33(24-15-17-25(18-16-24)38-5-2)39(36,37)26-12-7-6-8-13-26/h6-18,22H,4-5,19-21H2,1-3H3,(H,31,35)/t22-/m0/s1. The van der Waals surface area contributed by atoms with Gasteiger partial charge in [0, 0.05) is 18.7 Å². The number of amides is 2. The molecule has 3 aromatic carbocycles. The van der Waals surface area contributed by atoms with Gasteiger partial charge in [-0.1, -0.05) is 43.3 Å². The first kappa shape index (κ1) is 29.6.